The number of anilines is 1. The van der Waals surface area contributed by atoms with Crippen molar-refractivity contribution in [3.63, 3.8) is 0 Å². The van der Waals surface area contributed by atoms with Gasteiger partial charge in [-0.1, -0.05) is 25.1 Å². The Morgan fingerprint density at radius 2 is 1.88 bits per heavy atom. The summed E-state index contributed by atoms with van der Waals surface area (Å²) in [5, 5.41) is 8.27. The van der Waals surface area contributed by atoms with Gasteiger partial charge in [0.1, 0.15) is 17.8 Å². The maximum atomic E-state index is 13.2. The molecule has 0 saturated heterocycles. The predicted octanol–water partition coefficient (Wildman–Crippen LogP) is 4.01. The van der Waals surface area contributed by atoms with Crippen molar-refractivity contribution in [1.82, 2.24) is 19.7 Å². The van der Waals surface area contributed by atoms with Gasteiger partial charge in [-0.3, -0.25) is 9.69 Å². The first-order valence-electron chi connectivity index (χ1n) is 10.7. The second kappa shape index (κ2) is 8.85. The maximum absolute atomic E-state index is 13.2. The minimum atomic E-state index is 0.0317. The summed E-state index contributed by atoms with van der Waals surface area (Å²) in [6.07, 6.45) is 4.40. The molecular weight excluding hydrogens is 406 g/mol. The van der Waals surface area contributed by atoms with Gasteiger partial charge in [0.05, 0.1) is 6.54 Å². The highest BCUT2D eigenvalue weighted by atomic mass is 16.2. The van der Waals surface area contributed by atoms with Crippen LogP contribution in [0, 0.1) is 5.92 Å². The molecule has 32 heavy (non-hydrogen) atoms. The molecule has 5 rings (SSSR count). The van der Waals surface area contributed by atoms with Crippen LogP contribution >= 0.6 is 0 Å². The zero-order valence-corrected chi connectivity index (χ0v) is 18.4. The Hall–Kier alpha value is -3.64. The fourth-order valence-electron chi connectivity index (χ4n) is 4.43. The standard InChI is InChI=1S/C23H25N5O.CO2/c1-14(2)28-13-24-26-22(28)20-5-4-6-21(25-20)27-12-17-8-7-16(11-19(17)23(27)29)18-9-15(3)10-18;2-1-3/h4-8,11,13-15,18H,9-10,12H2,1-3H3;. The minimum absolute atomic E-state index is 0.0317. The van der Waals surface area contributed by atoms with Crippen molar-refractivity contribution in [2.24, 2.45) is 5.92 Å². The molecule has 1 saturated carbocycles. The third-order valence-electron chi connectivity index (χ3n) is 6.15. The van der Waals surface area contributed by atoms with E-state index in [-0.39, 0.29) is 18.1 Å². The topological polar surface area (TPSA) is 98.1 Å². The molecule has 3 heterocycles. The molecule has 1 aliphatic carbocycles. The Bertz CT molecular complexity index is 1170. The van der Waals surface area contributed by atoms with Crippen LogP contribution in [-0.4, -0.2) is 31.8 Å². The number of carbonyl (C=O) groups is 1. The second-order valence-electron chi connectivity index (χ2n) is 8.70. The van der Waals surface area contributed by atoms with Gasteiger partial charge in [0.15, 0.2) is 5.82 Å². The summed E-state index contributed by atoms with van der Waals surface area (Å²) in [6, 6.07) is 12.4. The summed E-state index contributed by atoms with van der Waals surface area (Å²) in [5.41, 5.74) is 3.91. The van der Waals surface area contributed by atoms with E-state index in [0.717, 1.165) is 22.7 Å². The highest BCUT2D eigenvalue weighted by Crippen LogP contribution is 2.42. The van der Waals surface area contributed by atoms with Crippen LogP contribution in [-0.2, 0) is 16.1 Å². The first-order chi connectivity index (χ1) is 15.4. The lowest BCUT2D eigenvalue weighted by Gasteiger charge is -2.33. The van der Waals surface area contributed by atoms with Gasteiger partial charge in [-0.15, -0.1) is 10.2 Å². The third-order valence-corrected chi connectivity index (χ3v) is 6.15. The average molecular weight is 431 g/mol. The number of hydrogen-bond acceptors (Lipinski definition) is 6. The molecule has 0 radical (unpaired) electrons. The van der Waals surface area contributed by atoms with Crippen molar-refractivity contribution in [2.75, 3.05) is 4.90 Å². The second-order valence-corrected chi connectivity index (χ2v) is 8.70. The van der Waals surface area contributed by atoms with Crippen molar-refractivity contribution < 1.29 is 14.4 Å². The molecule has 2 aliphatic rings. The lowest BCUT2D eigenvalue weighted by molar-refractivity contribution is -0.191. The summed E-state index contributed by atoms with van der Waals surface area (Å²) in [7, 11) is 0. The highest BCUT2D eigenvalue weighted by molar-refractivity contribution is 6.09. The van der Waals surface area contributed by atoms with E-state index < -0.39 is 0 Å². The van der Waals surface area contributed by atoms with Crippen LogP contribution in [0.4, 0.5) is 5.82 Å². The van der Waals surface area contributed by atoms with Crippen LogP contribution in [0.25, 0.3) is 11.5 Å². The number of carbonyl (C=O) groups excluding carboxylic acids is 3. The van der Waals surface area contributed by atoms with E-state index in [9.17, 15) is 4.79 Å². The fraction of sp³-hybridized carbons (Fsp3) is 0.375. The molecule has 1 aliphatic heterocycles. The SMILES string of the molecule is CC1CC(c2ccc3c(c2)C(=O)N(c2cccc(-c4nncn4C(C)C)n2)C3)C1.O=C=O. The molecule has 1 amide bonds. The van der Waals surface area contributed by atoms with E-state index >= 15 is 0 Å². The van der Waals surface area contributed by atoms with E-state index in [1.165, 1.54) is 18.4 Å². The van der Waals surface area contributed by atoms with Gasteiger partial charge in [0, 0.05) is 11.6 Å². The number of pyridine rings is 1. The van der Waals surface area contributed by atoms with E-state index in [0.29, 0.717) is 24.1 Å². The molecule has 1 fully saturated rings. The van der Waals surface area contributed by atoms with Crippen LogP contribution < -0.4 is 4.90 Å². The predicted molar refractivity (Wildman–Crippen MR) is 117 cm³/mol. The molecule has 3 aromatic rings. The highest BCUT2D eigenvalue weighted by Gasteiger charge is 2.32. The van der Waals surface area contributed by atoms with Crippen LogP contribution in [0.15, 0.2) is 42.7 Å². The Labute approximate surface area is 186 Å². The van der Waals surface area contributed by atoms with Crippen LogP contribution in [0.2, 0.25) is 0 Å². The minimum Gasteiger partial charge on any atom is -0.310 e. The number of amides is 1. The molecule has 0 atom stereocenters. The zero-order valence-electron chi connectivity index (χ0n) is 18.4. The van der Waals surface area contributed by atoms with E-state index in [1.807, 2.05) is 22.8 Å². The molecule has 164 valence electrons. The molecule has 8 nitrogen and oxygen atoms in total. The summed E-state index contributed by atoms with van der Waals surface area (Å²) < 4.78 is 1.98. The molecule has 0 unspecified atom stereocenters. The first-order valence-corrected chi connectivity index (χ1v) is 10.7. The first kappa shape index (κ1) is 21.6. The largest absolute Gasteiger partial charge is 0.373 e. The van der Waals surface area contributed by atoms with Crippen molar-refractivity contribution in [2.45, 2.75) is 52.1 Å². The van der Waals surface area contributed by atoms with E-state index in [1.54, 1.807) is 11.2 Å². The van der Waals surface area contributed by atoms with E-state index in [2.05, 4.69) is 49.2 Å². The van der Waals surface area contributed by atoms with Crippen LogP contribution in [0.5, 0.6) is 0 Å². The van der Waals surface area contributed by atoms with Crippen LogP contribution in [0.3, 0.4) is 0 Å². The zero-order chi connectivity index (χ0) is 22.8. The summed E-state index contributed by atoms with van der Waals surface area (Å²) >= 11 is 0. The van der Waals surface area contributed by atoms with E-state index in [4.69, 9.17) is 14.6 Å². The van der Waals surface area contributed by atoms with Crippen molar-refractivity contribution >= 4 is 17.9 Å². The molecule has 0 bridgehead atoms. The van der Waals surface area contributed by atoms with Gasteiger partial charge in [0.2, 0.25) is 0 Å². The molecule has 8 heteroatoms. The van der Waals surface area contributed by atoms with Crippen molar-refractivity contribution in [3.8, 4) is 11.5 Å². The lowest BCUT2D eigenvalue weighted by atomic mass is 9.72. The number of rotatable bonds is 4. The third kappa shape index (κ3) is 3.97. The van der Waals surface area contributed by atoms with Gasteiger partial charge in [0.25, 0.3) is 5.91 Å². The lowest BCUT2D eigenvalue weighted by Crippen LogP contribution is -2.24. The summed E-state index contributed by atoms with van der Waals surface area (Å²) in [5.74, 6) is 2.79. The van der Waals surface area contributed by atoms with Crippen molar-refractivity contribution in [1.29, 1.82) is 0 Å². The normalized spacial score (nSPS) is 19.1. The average Bonchev–Trinajstić information content (AvgIpc) is 3.37. The molecule has 2 aromatic heterocycles. The summed E-state index contributed by atoms with van der Waals surface area (Å²) in [4.78, 5) is 35.9. The number of benzene rings is 1. The smallest absolute Gasteiger partial charge is 0.310 e. The van der Waals surface area contributed by atoms with Gasteiger partial charge in [-0.2, -0.15) is 9.59 Å². The Kier molecular flexibility index (Phi) is 5.97. The number of aromatic nitrogens is 4. The van der Waals surface area contributed by atoms with Gasteiger partial charge < -0.3 is 4.57 Å². The Balaban J connectivity index is 0.000000775. The van der Waals surface area contributed by atoms with Gasteiger partial charge in [-0.25, -0.2) is 4.98 Å². The monoisotopic (exact) mass is 431 g/mol. The Morgan fingerprint density at radius 1 is 1.12 bits per heavy atom. The molecule has 0 N–H and O–H groups in total. The number of hydrogen-bond donors (Lipinski definition) is 0. The van der Waals surface area contributed by atoms with Crippen molar-refractivity contribution in [3.05, 3.63) is 59.4 Å². The van der Waals surface area contributed by atoms with Gasteiger partial charge >= 0.3 is 6.15 Å². The summed E-state index contributed by atoms with van der Waals surface area (Å²) in [6.45, 7) is 7.01. The quantitative estimate of drug-likeness (QED) is 0.619. The van der Waals surface area contributed by atoms with Crippen LogP contribution in [0.1, 0.15) is 67.1 Å². The maximum Gasteiger partial charge on any atom is 0.373 e. The number of fused-ring (bicyclic) bond motifs is 1. The molecular formula is C24H25N5O3. The molecule has 1 aromatic carbocycles. The molecule has 0 spiro atoms. The fourth-order valence-corrected chi connectivity index (χ4v) is 4.43. The number of nitrogens with zero attached hydrogens (tertiary/aromatic N) is 5. The Morgan fingerprint density at radius 3 is 2.56 bits per heavy atom. The van der Waals surface area contributed by atoms with Gasteiger partial charge in [-0.05, 0) is 67.9 Å².